The Morgan fingerprint density at radius 2 is 2.05 bits per heavy atom. The average Bonchev–Trinajstić information content (AvgIpc) is 3.52. The van der Waals surface area contributed by atoms with Crippen LogP contribution >= 0.6 is 0 Å². The van der Waals surface area contributed by atoms with Crippen molar-refractivity contribution >= 4 is 28.3 Å². The van der Waals surface area contributed by atoms with Gasteiger partial charge in [-0.3, -0.25) is 9.59 Å². The van der Waals surface area contributed by atoms with Crippen molar-refractivity contribution in [3.8, 4) is 11.5 Å². The lowest BCUT2D eigenvalue weighted by atomic mass is 9.90. The van der Waals surface area contributed by atoms with Crippen molar-refractivity contribution in [2.75, 3.05) is 6.54 Å². The van der Waals surface area contributed by atoms with Crippen LogP contribution in [0.15, 0.2) is 41.1 Å². The van der Waals surface area contributed by atoms with Crippen molar-refractivity contribution in [1.29, 1.82) is 0 Å². The standard InChI is InChI=1S/C28H29FN4O5/c1-14-10-17(34)12-32(14)28(36)20-13-33-26(15(20)2)23(8-9-30-33)38-18-4-5-19-24(11-18)37-16(3)25(19)27(35)31-22-7-6-21(22)29/h4-5,8-9,11,13-14,17,21-22,34H,6-7,10,12H2,1-3H3,(H,31,35). The zero-order chi connectivity index (χ0) is 26.7. The molecule has 1 saturated carbocycles. The summed E-state index contributed by atoms with van der Waals surface area (Å²) in [6.45, 7) is 5.79. The number of aryl methyl sites for hydroxylation is 2. The number of rotatable bonds is 5. The molecule has 1 aromatic carbocycles. The van der Waals surface area contributed by atoms with E-state index in [9.17, 15) is 19.1 Å². The van der Waals surface area contributed by atoms with Gasteiger partial charge in [0.25, 0.3) is 11.8 Å². The lowest BCUT2D eigenvalue weighted by molar-refractivity contribution is 0.0725. The second kappa shape index (κ2) is 9.13. The van der Waals surface area contributed by atoms with Crippen LogP contribution in [0, 0.1) is 13.8 Å². The minimum Gasteiger partial charge on any atom is -0.460 e. The van der Waals surface area contributed by atoms with E-state index < -0.39 is 18.3 Å². The third-order valence-corrected chi connectivity index (χ3v) is 7.73. The topological polar surface area (TPSA) is 109 Å². The number of aromatic nitrogens is 2. The predicted octanol–water partition coefficient (Wildman–Crippen LogP) is 4.32. The zero-order valence-electron chi connectivity index (χ0n) is 21.4. The quantitative estimate of drug-likeness (QED) is 0.406. The van der Waals surface area contributed by atoms with Crippen LogP contribution in [0.3, 0.4) is 0 Å². The van der Waals surface area contributed by atoms with Gasteiger partial charge in [-0.2, -0.15) is 5.10 Å². The average molecular weight is 521 g/mol. The number of alkyl halides is 1. The summed E-state index contributed by atoms with van der Waals surface area (Å²) in [6, 6.07) is 6.41. The van der Waals surface area contributed by atoms with E-state index in [1.807, 2.05) is 13.8 Å². The maximum absolute atomic E-state index is 13.7. The largest absolute Gasteiger partial charge is 0.460 e. The van der Waals surface area contributed by atoms with Gasteiger partial charge in [-0.25, -0.2) is 8.91 Å². The summed E-state index contributed by atoms with van der Waals surface area (Å²) in [5, 5.41) is 17.7. The van der Waals surface area contributed by atoms with Crippen LogP contribution < -0.4 is 10.1 Å². The molecular formula is C28H29FN4O5. The zero-order valence-corrected chi connectivity index (χ0v) is 21.4. The summed E-state index contributed by atoms with van der Waals surface area (Å²) in [4.78, 5) is 27.8. The summed E-state index contributed by atoms with van der Waals surface area (Å²) in [5.41, 5.74) is 2.75. The lowest BCUT2D eigenvalue weighted by Crippen LogP contribution is -2.48. The molecular weight excluding hydrogens is 491 g/mol. The molecule has 4 unspecified atom stereocenters. The van der Waals surface area contributed by atoms with Gasteiger partial charge in [0.1, 0.15) is 28.8 Å². The number of nitrogens with one attached hydrogen (secondary N) is 1. The maximum Gasteiger partial charge on any atom is 0.256 e. The first-order valence-corrected chi connectivity index (χ1v) is 12.8. The number of likely N-dealkylation sites (tertiary alicyclic amines) is 1. The Balaban J connectivity index is 1.29. The number of fused-ring (bicyclic) bond motifs is 2. The number of halogens is 1. The fraction of sp³-hybridized carbons (Fsp3) is 0.393. The van der Waals surface area contributed by atoms with Crippen LogP contribution in [0.4, 0.5) is 4.39 Å². The van der Waals surface area contributed by atoms with Gasteiger partial charge in [0.2, 0.25) is 0 Å². The van der Waals surface area contributed by atoms with Gasteiger partial charge in [-0.05, 0) is 57.7 Å². The molecule has 9 nitrogen and oxygen atoms in total. The number of furan rings is 1. The SMILES string of the molecule is Cc1oc2cc(Oc3ccnn4cc(C(=O)N5CC(O)CC5C)c(C)c34)ccc2c1C(=O)NC1CCC1F. The Morgan fingerprint density at radius 1 is 1.24 bits per heavy atom. The maximum atomic E-state index is 13.7. The third kappa shape index (κ3) is 3.99. The molecule has 0 spiro atoms. The second-order valence-corrected chi connectivity index (χ2v) is 10.3. The fourth-order valence-corrected chi connectivity index (χ4v) is 5.50. The molecule has 3 aromatic heterocycles. The molecule has 2 N–H and O–H groups in total. The van der Waals surface area contributed by atoms with Gasteiger partial charge in [-0.15, -0.1) is 0 Å². The van der Waals surface area contributed by atoms with Gasteiger partial charge in [-0.1, -0.05) is 0 Å². The minimum absolute atomic E-state index is 0.0498. The van der Waals surface area contributed by atoms with E-state index in [4.69, 9.17) is 9.15 Å². The van der Waals surface area contributed by atoms with Crippen LogP contribution in [-0.2, 0) is 0 Å². The smallest absolute Gasteiger partial charge is 0.256 e. The van der Waals surface area contributed by atoms with Gasteiger partial charge in [0.15, 0.2) is 5.75 Å². The van der Waals surface area contributed by atoms with Crippen LogP contribution in [-0.4, -0.2) is 62.3 Å². The first-order chi connectivity index (χ1) is 18.2. The highest BCUT2D eigenvalue weighted by Crippen LogP contribution is 2.35. The molecule has 1 aliphatic heterocycles. The number of aliphatic hydroxyl groups excluding tert-OH is 1. The number of hydrogen-bond acceptors (Lipinski definition) is 6. The van der Waals surface area contributed by atoms with Gasteiger partial charge in [0.05, 0.1) is 29.5 Å². The molecule has 10 heteroatoms. The molecule has 2 amide bonds. The van der Waals surface area contributed by atoms with E-state index in [1.165, 1.54) is 0 Å². The molecule has 1 saturated heterocycles. The molecule has 4 aromatic rings. The molecule has 6 rings (SSSR count). The molecule has 4 atom stereocenters. The number of carbonyl (C=O) groups is 2. The van der Waals surface area contributed by atoms with Crippen molar-refractivity contribution in [3.05, 3.63) is 59.1 Å². The van der Waals surface area contributed by atoms with Crippen molar-refractivity contribution in [1.82, 2.24) is 19.8 Å². The highest BCUT2D eigenvalue weighted by atomic mass is 19.1. The Kier molecular flexibility index (Phi) is 5.86. The van der Waals surface area contributed by atoms with Crippen molar-refractivity contribution in [2.24, 2.45) is 0 Å². The lowest BCUT2D eigenvalue weighted by Gasteiger charge is -2.30. The Hall–Kier alpha value is -3.92. The van der Waals surface area contributed by atoms with Gasteiger partial charge >= 0.3 is 0 Å². The number of benzene rings is 1. The van der Waals surface area contributed by atoms with Gasteiger partial charge in [0, 0.05) is 36.3 Å². The number of aliphatic hydroxyl groups is 1. The molecule has 38 heavy (non-hydrogen) atoms. The summed E-state index contributed by atoms with van der Waals surface area (Å²) in [6.07, 6.45) is 3.41. The number of β-amino-alcohol motifs (C(OH)–C–C–N with tert-alkyl or cyclic N) is 1. The van der Waals surface area contributed by atoms with Crippen molar-refractivity contribution < 1.29 is 28.2 Å². The van der Waals surface area contributed by atoms with Crippen LogP contribution in [0.1, 0.15) is 58.2 Å². The van der Waals surface area contributed by atoms with Gasteiger partial charge < -0.3 is 24.5 Å². The van der Waals surface area contributed by atoms with Crippen LogP contribution in [0.2, 0.25) is 0 Å². The molecule has 0 radical (unpaired) electrons. The number of amides is 2. The van der Waals surface area contributed by atoms with E-state index >= 15 is 0 Å². The van der Waals surface area contributed by atoms with Crippen molar-refractivity contribution in [2.45, 2.75) is 64.4 Å². The highest BCUT2D eigenvalue weighted by Gasteiger charge is 2.34. The fourth-order valence-electron chi connectivity index (χ4n) is 5.50. The first-order valence-electron chi connectivity index (χ1n) is 12.8. The third-order valence-electron chi connectivity index (χ3n) is 7.73. The number of carbonyl (C=O) groups excluding carboxylic acids is 2. The summed E-state index contributed by atoms with van der Waals surface area (Å²) in [7, 11) is 0. The van der Waals surface area contributed by atoms with E-state index in [2.05, 4.69) is 10.4 Å². The Labute approximate surface area is 218 Å². The number of nitrogens with zero attached hydrogens (tertiary/aromatic N) is 3. The molecule has 1 aliphatic carbocycles. The van der Waals surface area contributed by atoms with Crippen LogP contribution in [0.5, 0.6) is 11.5 Å². The highest BCUT2D eigenvalue weighted by molar-refractivity contribution is 6.07. The summed E-state index contributed by atoms with van der Waals surface area (Å²) < 4.78 is 27.4. The second-order valence-electron chi connectivity index (χ2n) is 10.3. The Morgan fingerprint density at radius 3 is 2.74 bits per heavy atom. The van der Waals surface area contributed by atoms with Crippen molar-refractivity contribution in [3.63, 3.8) is 0 Å². The van der Waals surface area contributed by atoms with E-state index in [-0.39, 0.29) is 17.9 Å². The molecule has 2 fully saturated rings. The summed E-state index contributed by atoms with van der Waals surface area (Å²) >= 11 is 0. The minimum atomic E-state index is -1.01. The first kappa shape index (κ1) is 24.4. The molecule has 198 valence electrons. The summed E-state index contributed by atoms with van der Waals surface area (Å²) in [5.74, 6) is 0.938. The monoisotopic (exact) mass is 520 g/mol. The van der Waals surface area contributed by atoms with E-state index in [1.54, 1.807) is 53.0 Å². The van der Waals surface area contributed by atoms with E-state index in [0.717, 1.165) is 5.56 Å². The Bertz CT molecular complexity index is 1580. The number of hydrogen-bond donors (Lipinski definition) is 2. The van der Waals surface area contributed by atoms with E-state index in [0.29, 0.717) is 70.7 Å². The molecule has 2 aliphatic rings. The molecule has 0 bridgehead atoms. The normalized spacial score (nSPS) is 23.1. The number of ether oxygens (including phenoxy) is 1. The van der Waals surface area contributed by atoms with Crippen LogP contribution in [0.25, 0.3) is 16.5 Å². The molecule has 4 heterocycles. The predicted molar refractivity (Wildman–Crippen MR) is 137 cm³/mol.